The third-order valence-electron chi connectivity index (χ3n) is 5.28. The highest BCUT2D eigenvalue weighted by atomic mass is 16.2. The molecule has 2 aromatic carbocycles. The van der Waals surface area contributed by atoms with E-state index >= 15 is 0 Å². The number of carbonyl (C=O) groups excluding carboxylic acids is 4. The van der Waals surface area contributed by atoms with E-state index in [0.717, 1.165) is 21.6 Å². The van der Waals surface area contributed by atoms with Gasteiger partial charge in [0.25, 0.3) is 5.91 Å². The van der Waals surface area contributed by atoms with Gasteiger partial charge in [0.15, 0.2) is 0 Å². The van der Waals surface area contributed by atoms with Gasteiger partial charge in [-0.3, -0.25) is 19.8 Å². The summed E-state index contributed by atoms with van der Waals surface area (Å²) in [7, 11) is 0. The second kappa shape index (κ2) is 7.98. The van der Waals surface area contributed by atoms with Gasteiger partial charge in [0, 0.05) is 5.69 Å². The first kappa shape index (κ1) is 21.0. The van der Waals surface area contributed by atoms with E-state index in [2.05, 4.69) is 16.0 Å². The number of carbonyl (C=O) groups is 4. The summed E-state index contributed by atoms with van der Waals surface area (Å²) in [6.45, 7) is 6.73. The molecule has 156 valence electrons. The summed E-state index contributed by atoms with van der Waals surface area (Å²) in [5, 5.41) is 7.36. The Morgan fingerprint density at radius 2 is 1.70 bits per heavy atom. The number of aryl methyl sites for hydroxylation is 3. The van der Waals surface area contributed by atoms with Crippen LogP contribution in [0.25, 0.3) is 0 Å². The Hall–Kier alpha value is -3.68. The number of anilines is 1. The molecule has 0 radical (unpaired) electrons. The van der Waals surface area contributed by atoms with E-state index in [-0.39, 0.29) is 0 Å². The predicted octanol–water partition coefficient (Wildman–Crippen LogP) is 2.73. The lowest BCUT2D eigenvalue weighted by molar-refractivity contribution is -0.134. The van der Waals surface area contributed by atoms with Gasteiger partial charge in [0.1, 0.15) is 12.1 Å². The molecule has 2 aromatic rings. The minimum absolute atomic E-state index is 0.533. The lowest BCUT2D eigenvalue weighted by atomic mass is 9.88. The maximum Gasteiger partial charge on any atom is 0.325 e. The SMILES string of the molecule is Cc1ccc(NC(=O)NC(=O)CN2C(=O)NC(C)(c3ccccc3C)C2=O)cc1C. The van der Waals surface area contributed by atoms with Crippen LogP contribution in [-0.4, -0.2) is 35.3 Å². The number of rotatable bonds is 4. The van der Waals surface area contributed by atoms with Crippen LogP contribution >= 0.6 is 0 Å². The summed E-state index contributed by atoms with van der Waals surface area (Å²) in [4.78, 5) is 50.5. The first-order valence-electron chi connectivity index (χ1n) is 9.50. The summed E-state index contributed by atoms with van der Waals surface area (Å²) in [6, 6.07) is 11.1. The quantitative estimate of drug-likeness (QED) is 0.676. The molecule has 0 aromatic heterocycles. The average molecular weight is 408 g/mol. The molecule has 0 aliphatic carbocycles. The van der Waals surface area contributed by atoms with Crippen LogP contribution in [0.5, 0.6) is 0 Å². The summed E-state index contributed by atoms with van der Waals surface area (Å²) in [5.74, 6) is -1.32. The molecule has 30 heavy (non-hydrogen) atoms. The lowest BCUT2D eigenvalue weighted by Crippen LogP contribution is -2.45. The Kier molecular flexibility index (Phi) is 5.60. The molecule has 3 rings (SSSR count). The van der Waals surface area contributed by atoms with Crippen LogP contribution in [-0.2, 0) is 15.1 Å². The molecule has 3 N–H and O–H groups in total. The zero-order valence-corrected chi connectivity index (χ0v) is 17.3. The molecule has 0 saturated carbocycles. The van der Waals surface area contributed by atoms with Crippen LogP contribution in [0.4, 0.5) is 15.3 Å². The van der Waals surface area contributed by atoms with Crippen molar-refractivity contribution in [3.8, 4) is 0 Å². The van der Waals surface area contributed by atoms with Crippen LogP contribution < -0.4 is 16.0 Å². The van der Waals surface area contributed by atoms with E-state index in [0.29, 0.717) is 11.3 Å². The number of amides is 6. The predicted molar refractivity (Wildman–Crippen MR) is 112 cm³/mol. The molecule has 0 spiro atoms. The van der Waals surface area contributed by atoms with Crippen molar-refractivity contribution in [3.63, 3.8) is 0 Å². The van der Waals surface area contributed by atoms with Gasteiger partial charge < -0.3 is 10.6 Å². The molecular formula is C22H24N4O4. The fraction of sp³-hybridized carbons (Fsp3) is 0.273. The molecule has 8 heteroatoms. The van der Waals surface area contributed by atoms with Crippen molar-refractivity contribution in [1.82, 2.24) is 15.5 Å². The van der Waals surface area contributed by atoms with Crippen molar-refractivity contribution in [2.24, 2.45) is 0 Å². The monoisotopic (exact) mass is 408 g/mol. The van der Waals surface area contributed by atoms with E-state index < -0.39 is 36.0 Å². The second-order valence-electron chi connectivity index (χ2n) is 7.56. The second-order valence-corrected chi connectivity index (χ2v) is 7.56. The lowest BCUT2D eigenvalue weighted by Gasteiger charge is -2.24. The molecule has 1 aliphatic rings. The van der Waals surface area contributed by atoms with Crippen LogP contribution in [0, 0.1) is 20.8 Å². The highest BCUT2D eigenvalue weighted by molar-refractivity contribution is 6.10. The van der Waals surface area contributed by atoms with Crippen molar-refractivity contribution < 1.29 is 19.2 Å². The van der Waals surface area contributed by atoms with Gasteiger partial charge in [-0.2, -0.15) is 0 Å². The smallest absolute Gasteiger partial charge is 0.319 e. The van der Waals surface area contributed by atoms with E-state index in [1.807, 2.05) is 39.0 Å². The number of hydrogen-bond acceptors (Lipinski definition) is 4. The van der Waals surface area contributed by atoms with Gasteiger partial charge in [-0.15, -0.1) is 0 Å². The van der Waals surface area contributed by atoms with Crippen LogP contribution in [0.3, 0.4) is 0 Å². The third kappa shape index (κ3) is 4.03. The largest absolute Gasteiger partial charge is 0.325 e. The minimum atomic E-state index is -1.27. The highest BCUT2D eigenvalue weighted by Crippen LogP contribution is 2.30. The highest BCUT2D eigenvalue weighted by Gasteiger charge is 2.50. The Bertz CT molecular complexity index is 1050. The maximum atomic E-state index is 12.9. The average Bonchev–Trinajstić information content (AvgIpc) is 2.88. The van der Waals surface area contributed by atoms with Crippen molar-refractivity contribution in [3.05, 3.63) is 64.7 Å². The summed E-state index contributed by atoms with van der Waals surface area (Å²) in [6.07, 6.45) is 0. The van der Waals surface area contributed by atoms with E-state index in [1.54, 1.807) is 31.2 Å². The number of benzene rings is 2. The van der Waals surface area contributed by atoms with Crippen molar-refractivity contribution >= 4 is 29.6 Å². The van der Waals surface area contributed by atoms with Crippen LogP contribution in [0.1, 0.15) is 29.2 Å². The molecule has 1 saturated heterocycles. The number of imide groups is 2. The zero-order valence-electron chi connectivity index (χ0n) is 17.3. The van der Waals surface area contributed by atoms with Gasteiger partial charge in [-0.05, 0) is 62.1 Å². The number of urea groups is 2. The molecule has 0 bridgehead atoms. The van der Waals surface area contributed by atoms with E-state index in [4.69, 9.17) is 0 Å². The first-order valence-corrected chi connectivity index (χ1v) is 9.50. The molecular weight excluding hydrogens is 384 g/mol. The van der Waals surface area contributed by atoms with E-state index in [1.165, 1.54) is 0 Å². The van der Waals surface area contributed by atoms with Gasteiger partial charge in [-0.1, -0.05) is 30.3 Å². The Balaban J connectivity index is 1.65. The van der Waals surface area contributed by atoms with Crippen LogP contribution in [0.15, 0.2) is 42.5 Å². The minimum Gasteiger partial charge on any atom is -0.319 e. The standard InChI is InChI=1S/C22H24N4O4/c1-13-9-10-16(11-15(13)3)23-20(29)24-18(27)12-26-19(28)22(4,25-21(26)30)17-8-6-5-7-14(17)2/h5-11H,12H2,1-4H3,(H,25,30)(H2,23,24,27,29). The third-order valence-corrected chi connectivity index (χ3v) is 5.28. The molecule has 1 fully saturated rings. The van der Waals surface area contributed by atoms with Gasteiger partial charge in [0.2, 0.25) is 5.91 Å². The Labute approximate surface area is 174 Å². The van der Waals surface area contributed by atoms with Crippen molar-refractivity contribution in [2.45, 2.75) is 33.2 Å². The molecule has 1 aliphatic heterocycles. The molecule has 8 nitrogen and oxygen atoms in total. The van der Waals surface area contributed by atoms with Gasteiger partial charge in [-0.25, -0.2) is 9.59 Å². The number of hydrogen-bond donors (Lipinski definition) is 3. The Morgan fingerprint density at radius 3 is 2.37 bits per heavy atom. The topological polar surface area (TPSA) is 108 Å². The number of nitrogens with one attached hydrogen (secondary N) is 3. The zero-order chi connectivity index (χ0) is 22.1. The molecule has 1 heterocycles. The number of nitrogens with zero attached hydrogens (tertiary/aromatic N) is 1. The summed E-state index contributed by atoms with van der Waals surface area (Å²) < 4.78 is 0. The Morgan fingerprint density at radius 1 is 1.00 bits per heavy atom. The fourth-order valence-corrected chi connectivity index (χ4v) is 3.45. The normalized spacial score (nSPS) is 18.2. The maximum absolute atomic E-state index is 12.9. The van der Waals surface area contributed by atoms with Gasteiger partial charge >= 0.3 is 12.1 Å². The molecule has 1 atom stereocenters. The molecule has 6 amide bonds. The van der Waals surface area contributed by atoms with Crippen molar-refractivity contribution in [1.29, 1.82) is 0 Å². The fourth-order valence-electron chi connectivity index (χ4n) is 3.45. The molecule has 1 unspecified atom stereocenters. The van der Waals surface area contributed by atoms with Crippen molar-refractivity contribution in [2.75, 3.05) is 11.9 Å². The van der Waals surface area contributed by atoms with E-state index in [9.17, 15) is 19.2 Å². The summed E-state index contributed by atoms with van der Waals surface area (Å²) in [5.41, 5.74) is 2.82. The van der Waals surface area contributed by atoms with Crippen LogP contribution in [0.2, 0.25) is 0 Å². The van der Waals surface area contributed by atoms with Gasteiger partial charge in [0.05, 0.1) is 0 Å². The summed E-state index contributed by atoms with van der Waals surface area (Å²) >= 11 is 0. The first-order chi connectivity index (χ1) is 14.1.